The van der Waals surface area contributed by atoms with Gasteiger partial charge >= 0.3 is 0 Å². The Morgan fingerprint density at radius 1 is 1.24 bits per heavy atom. The van der Waals surface area contributed by atoms with Gasteiger partial charge < -0.3 is 10.1 Å². The number of amides is 1. The summed E-state index contributed by atoms with van der Waals surface area (Å²) in [4.78, 5) is 20.2. The van der Waals surface area contributed by atoms with Crippen LogP contribution in [0, 0.1) is 6.92 Å². The highest BCUT2D eigenvalue weighted by Crippen LogP contribution is 2.17. The van der Waals surface area contributed by atoms with E-state index in [0.29, 0.717) is 12.3 Å². The molecule has 1 atom stereocenters. The summed E-state index contributed by atoms with van der Waals surface area (Å²) >= 11 is 0. The molecule has 0 aliphatic heterocycles. The fourth-order valence-electron chi connectivity index (χ4n) is 1.88. The maximum Gasteiger partial charge on any atom is 0.271 e. The van der Waals surface area contributed by atoms with Gasteiger partial charge in [0.1, 0.15) is 11.4 Å². The Morgan fingerprint density at radius 2 is 1.95 bits per heavy atom. The number of aryl methyl sites for hydroxylation is 1. The van der Waals surface area contributed by atoms with E-state index in [0.717, 1.165) is 17.0 Å². The van der Waals surface area contributed by atoms with Crippen molar-refractivity contribution in [3.05, 3.63) is 53.6 Å². The van der Waals surface area contributed by atoms with Gasteiger partial charge in [0.15, 0.2) is 0 Å². The van der Waals surface area contributed by atoms with Crippen molar-refractivity contribution < 1.29 is 9.53 Å². The maximum atomic E-state index is 12.1. The normalized spacial score (nSPS) is 11.8. The van der Waals surface area contributed by atoms with Gasteiger partial charge in [0.2, 0.25) is 0 Å². The average Bonchev–Trinajstić information content (AvgIpc) is 2.49. The van der Waals surface area contributed by atoms with Gasteiger partial charge in [-0.2, -0.15) is 0 Å². The Morgan fingerprint density at radius 3 is 2.52 bits per heavy atom. The molecular weight excluding hydrogens is 266 g/mol. The van der Waals surface area contributed by atoms with Crippen molar-refractivity contribution >= 4 is 5.91 Å². The van der Waals surface area contributed by atoms with Gasteiger partial charge in [-0.1, -0.05) is 12.1 Å². The summed E-state index contributed by atoms with van der Waals surface area (Å²) in [5, 5.41) is 2.90. The third kappa shape index (κ3) is 4.02. The summed E-state index contributed by atoms with van der Waals surface area (Å²) in [6, 6.07) is 7.56. The molecule has 0 saturated heterocycles. The van der Waals surface area contributed by atoms with Crippen LogP contribution in [0.5, 0.6) is 5.75 Å². The predicted molar refractivity (Wildman–Crippen MR) is 80.3 cm³/mol. The van der Waals surface area contributed by atoms with Crippen LogP contribution < -0.4 is 10.1 Å². The highest BCUT2D eigenvalue weighted by molar-refractivity contribution is 5.92. The number of hydrogen-bond acceptors (Lipinski definition) is 4. The molecule has 5 nitrogen and oxygen atoms in total. The van der Waals surface area contributed by atoms with Crippen molar-refractivity contribution in [3.8, 4) is 5.75 Å². The quantitative estimate of drug-likeness (QED) is 0.917. The van der Waals surface area contributed by atoms with Crippen LogP contribution in [0.3, 0.4) is 0 Å². The number of benzene rings is 1. The van der Waals surface area contributed by atoms with Gasteiger partial charge in [0, 0.05) is 6.20 Å². The van der Waals surface area contributed by atoms with Gasteiger partial charge in [0.05, 0.1) is 24.5 Å². The average molecular weight is 285 g/mol. The predicted octanol–water partition coefficient (Wildman–Crippen LogP) is 2.67. The second-order valence-electron chi connectivity index (χ2n) is 4.74. The molecule has 0 saturated carbocycles. The van der Waals surface area contributed by atoms with Crippen molar-refractivity contribution in [3.63, 3.8) is 0 Å². The number of ether oxygens (including phenoxy) is 1. The molecule has 0 spiro atoms. The molecule has 1 unspecified atom stereocenters. The lowest BCUT2D eigenvalue weighted by Crippen LogP contribution is -2.27. The summed E-state index contributed by atoms with van der Waals surface area (Å²) in [6.45, 7) is 6.34. The summed E-state index contributed by atoms with van der Waals surface area (Å²) in [5.41, 5.74) is 2.11. The lowest BCUT2D eigenvalue weighted by Gasteiger charge is -2.14. The molecule has 1 aromatic heterocycles. The minimum absolute atomic E-state index is 0.115. The number of hydrogen-bond donors (Lipinski definition) is 1. The Kier molecular flexibility index (Phi) is 4.87. The molecule has 1 aromatic carbocycles. The zero-order valence-electron chi connectivity index (χ0n) is 12.5. The van der Waals surface area contributed by atoms with Crippen molar-refractivity contribution in [1.29, 1.82) is 0 Å². The molecule has 0 bridgehead atoms. The van der Waals surface area contributed by atoms with E-state index in [9.17, 15) is 4.79 Å². The maximum absolute atomic E-state index is 12.1. The van der Waals surface area contributed by atoms with Crippen LogP contribution in [0.15, 0.2) is 36.7 Å². The SMILES string of the molecule is CCOc1ccc(C(C)NC(=O)c2cnc(C)cn2)cc1. The lowest BCUT2D eigenvalue weighted by atomic mass is 10.1. The number of carbonyl (C=O) groups is 1. The minimum atomic E-state index is -0.233. The molecule has 21 heavy (non-hydrogen) atoms. The fourth-order valence-corrected chi connectivity index (χ4v) is 1.88. The van der Waals surface area contributed by atoms with Crippen molar-refractivity contribution in [2.75, 3.05) is 6.61 Å². The van der Waals surface area contributed by atoms with E-state index in [1.807, 2.05) is 45.0 Å². The first-order valence-corrected chi connectivity index (χ1v) is 6.92. The number of nitrogens with one attached hydrogen (secondary N) is 1. The van der Waals surface area contributed by atoms with E-state index >= 15 is 0 Å². The van der Waals surface area contributed by atoms with Crippen molar-refractivity contribution in [2.45, 2.75) is 26.8 Å². The standard InChI is InChI=1S/C16H19N3O2/c1-4-21-14-7-5-13(6-8-14)12(3)19-16(20)15-10-17-11(2)9-18-15/h5-10,12H,4H2,1-3H3,(H,19,20). The molecule has 110 valence electrons. The van der Waals surface area contributed by atoms with Crippen LogP contribution in [-0.4, -0.2) is 22.5 Å². The second kappa shape index (κ2) is 6.83. The third-order valence-corrected chi connectivity index (χ3v) is 3.05. The van der Waals surface area contributed by atoms with Gasteiger partial charge in [-0.25, -0.2) is 4.98 Å². The molecule has 0 aliphatic carbocycles. The number of rotatable bonds is 5. The molecule has 1 amide bonds. The summed E-state index contributed by atoms with van der Waals surface area (Å²) < 4.78 is 5.40. The molecule has 2 rings (SSSR count). The molecule has 0 radical (unpaired) electrons. The topological polar surface area (TPSA) is 64.1 Å². The van der Waals surface area contributed by atoms with Gasteiger partial charge in [0.25, 0.3) is 5.91 Å². The zero-order valence-corrected chi connectivity index (χ0v) is 12.5. The van der Waals surface area contributed by atoms with E-state index in [-0.39, 0.29) is 11.9 Å². The first kappa shape index (κ1) is 15.0. The fraction of sp³-hybridized carbons (Fsp3) is 0.312. The Labute approximate surface area is 124 Å². The Balaban J connectivity index is 2.01. The number of nitrogens with zero attached hydrogens (tertiary/aromatic N) is 2. The molecule has 2 aromatic rings. The second-order valence-corrected chi connectivity index (χ2v) is 4.74. The molecule has 1 heterocycles. The van der Waals surface area contributed by atoms with E-state index in [1.54, 1.807) is 6.20 Å². The van der Waals surface area contributed by atoms with Crippen molar-refractivity contribution in [2.24, 2.45) is 0 Å². The number of aromatic nitrogens is 2. The highest BCUT2D eigenvalue weighted by atomic mass is 16.5. The van der Waals surface area contributed by atoms with Gasteiger partial charge in [-0.3, -0.25) is 9.78 Å². The van der Waals surface area contributed by atoms with Crippen LogP contribution in [0.1, 0.15) is 41.6 Å². The van der Waals surface area contributed by atoms with Crippen LogP contribution in [0.25, 0.3) is 0 Å². The van der Waals surface area contributed by atoms with Crippen molar-refractivity contribution in [1.82, 2.24) is 15.3 Å². The Bertz CT molecular complexity index is 594. The third-order valence-electron chi connectivity index (χ3n) is 3.05. The molecule has 5 heteroatoms. The zero-order chi connectivity index (χ0) is 15.2. The first-order chi connectivity index (χ1) is 10.1. The first-order valence-electron chi connectivity index (χ1n) is 6.92. The lowest BCUT2D eigenvalue weighted by molar-refractivity contribution is 0.0934. The largest absolute Gasteiger partial charge is 0.494 e. The van der Waals surface area contributed by atoms with Crippen LogP contribution in [0.2, 0.25) is 0 Å². The molecule has 0 fully saturated rings. The molecule has 1 N–H and O–H groups in total. The van der Waals surface area contributed by atoms with Crippen LogP contribution in [-0.2, 0) is 0 Å². The summed E-state index contributed by atoms with van der Waals surface area (Å²) in [6.07, 6.45) is 3.06. The van der Waals surface area contributed by atoms with E-state index < -0.39 is 0 Å². The van der Waals surface area contributed by atoms with E-state index in [1.165, 1.54) is 6.20 Å². The van der Waals surface area contributed by atoms with Gasteiger partial charge in [-0.05, 0) is 38.5 Å². The van der Waals surface area contributed by atoms with Crippen LogP contribution >= 0.6 is 0 Å². The highest BCUT2D eigenvalue weighted by Gasteiger charge is 2.12. The van der Waals surface area contributed by atoms with Gasteiger partial charge in [-0.15, -0.1) is 0 Å². The monoisotopic (exact) mass is 285 g/mol. The minimum Gasteiger partial charge on any atom is -0.494 e. The molecule has 0 aliphatic rings. The Hall–Kier alpha value is -2.43. The van der Waals surface area contributed by atoms with E-state index in [4.69, 9.17) is 4.74 Å². The smallest absolute Gasteiger partial charge is 0.271 e. The summed E-state index contributed by atoms with van der Waals surface area (Å²) in [5.74, 6) is 0.591. The van der Waals surface area contributed by atoms with Crippen LogP contribution in [0.4, 0.5) is 0 Å². The summed E-state index contributed by atoms with van der Waals surface area (Å²) in [7, 11) is 0. The number of carbonyl (C=O) groups excluding carboxylic acids is 1. The molecular formula is C16H19N3O2. The van der Waals surface area contributed by atoms with E-state index in [2.05, 4.69) is 15.3 Å².